The standard InChI is InChI=1S/C31H44N6O4/c1-5-20(2)27-31(40)37(4)21(3)29(38)36-25(18-22-10-7-6-8-11-22)30(39)35-15-9-12-23-19-24(28(32)33)13-14-26(23)41-17-16-34-27/h6-8,10-11,13-14,19-21,25,27,34H,5,9,12,15-18H2,1-4H3,(H3,32,33)(H,35,39)(H,36,38)/t20-,21+,25+,27-/m0/s1. The third-order valence-corrected chi connectivity index (χ3v) is 7.72. The minimum Gasteiger partial charge on any atom is -0.492 e. The zero-order valence-electron chi connectivity index (χ0n) is 24.5. The second-order valence-corrected chi connectivity index (χ2v) is 10.7. The molecule has 0 unspecified atom stereocenters. The predicted octanol–water partition coefficient (Wildman–Crippen LogP) is 1.99. The number of nitrogens with one attached hydrogen (secondary N) is 4. The number of nitrogens with two attached hydrogens (primary N) is 1. The van der Waals surface area contributed by atoms with Crippen molar-refractivity contribution >= 4 is 23.6 Å². The minimum atomic E-state index is -0.807. The second kappa shape index (κ2) is 15.2. The van der Waals surface area contributed by atoms with Gasteiger partial charge in [-0.05, 0) is 55.0 Å². The second-order valence-electron chi connectivity index (χ2n) is 10.7. The predicted molar refractivity (Wildman–Crippen MR) is 160 cm³/mol. The third-order valence-electron chi connectivity index (χ3n) is 7.72. The largest absolute Gasteiger partial charge is 0.492 e. The number of aryl methyl sites for hydroxylation is 1. The summed E-state index contributed by atoms with van der Waals surface area (Å²) in [6.45, 7) is 6.83. The molecule has 0 radical (unpaired) electrons. The van der Waals surface area contributed by atoms with Crippen molar-refractivity contribution in [2.75, 3.05) is 26.7 Å². The smallest absolute Gasteiger partial charge is 0.243 e. The Labute approximate surface area is 242 Å². The summed E-state index contributed by atoms with van der Waals surface area (Å²) < 4.78 is 6.08. The lowest BCUT2D eigenvalue weighted by Gasteiger charge is -2.32. The van der Waals surface area contributed by atoms with Crippen molar-refractivity contribution in [2.24, 2.45) is 11.7 Å². The monoisotopic (exact) mass is 564 g/mol. The number of nitrogen functional groups attached to an aromatic ring is 1. The molecule has 0 aliphatic carbocycles. The van der Waals surface area contributed by atoms with E-state index in [1.165, 1.54) is 4.90 Å². The molecule has 1 heterocycles. The molecule has 0 saturated heterocycles. The van der Waals surface area contributed by atoms with Crippen LogP contribution >= 0.6 is 0 Å². The molecule has 2 aromatic rings. The van der Waals surface area contributed by atoms with Gasteiger partial charge in [0.2, 0.25) is 17.7 Å². The number of hydrogen-bond donors (Lipinski definition) is 5. The lowest BCUT2D eigenvalue weighted by Crippen LogP contribution is -2.57. The Bertz CT molecular complexity index is 1200. The summed E-state index contributed by atoms with van der Waals surface area (Å²) in [7, 11) is 1.62. The van der Waals surface area contributed by atoms with Gasteiger partial charge in [-0.15, -0.1) is 0 Å². The van der Waals surface area contributed by atoms with E-state index >= 15 is 0 Å². The van der Waals surface area contributed by atoms with Crippen LogP contribution in [0.5, 0.6) is 5.75 Å². The molecule has 0 bridgehead atoms. The summed E-state index contributed by atoms with van der Waals surface area (Å²) in [5.74, 6) is -0.218. The summed E-state index contributed by atoms with van der Waals surface area (Å²) in [5.41, 5.74) is 8.11. The quantitative estimate of drug-likeness (QED) is 0.277. The van der Waals surface area contributed by atoms with Crippen LogP contribution < -0.4 is 26.4 Å². The Morgan fingerprint density at radius 2 is 1.85 bits per heavy atom. The fraction of sp³-hybridized carbons (Fsp3) is 0.484. The summed E-state index contributed by atoms with van der Waals surface area (Å²) in [4.78, 5) is 41.6. The van der Waals surface area contributed by atoms with E-state index in [2.05, 4.69) is 16.0 Å². The maximum absolute atomic E-state index is 13.6. The van der Waals surface area contributed by atoms with Crippen LogP contribution in [0, 0.1) is 11.3 Å². The first kappa shape index (κ1) is 31.6. The number of rotatable bonds is 5. The third kappa shape index (κ3) is 8.78. The van der Waals surface area contributed by atoms with Crippen LogP contribution in [0.2, 0.25) is 0 Å². The summed E-state index contributed by atoms with van der Waals surface area (Å²) in [5, 5.41) is 17.0. The maximum Gasteiger partial charge on any atom is 0.243 e. The zero-order chi connectivity index (χ0) is 29.9. The number of hydrogen-bond acceptors (Lipinski definition) is 6. The Morgan fingerprint density at radius 1 is 1.12 bits per heavy atom. The molecule has 4 atom stereocenters. The van der Waals surface area contributed by atoms with Gasteiger partial charge in [0.15, 0.2) is 0 Å². The van der Waals surface area contributed by atoms with Gasteiger partial charge in [0.1, 0.15) is 30.3 Å². The molecule has 10 heteroatoms. The number of benzene rings is 2. The first-order valence-electron chi connectivity index (χ1n) is 14.3. The van der Waals surface area contributed by atoms with Crippen molar-refractivity contribution in [3.63, 3.8) is 0 Å². The Hall–Kier alpha value is -3.92. The normalized spacial score (nSPS) is 22.3. The number of fused-ring (bicyclic) bond motifs is 1. The molecule has 222 valence electrons. The summed E-state index contributed by atoms with van der Waals surface area (Å²) >= 11 is 0. The van der Waals surface area contributed by atoms with Crippen LogP contribution in [0.25, 0.3) is 0 Å². The zero-order valence-corrected chi connectivity index (χ0v) is 24.5. The van der Waals surface area contributed by atoms with E-state index in [1.807, 2.05) is 50.2 Å². The van der Waals surface area contributed by atoms with Gasteiger partial charge in [-0.25, -0.2) is 0 Å². The van der Waals surface area contributed by atoms with Gasteiger partial charge in [-0.2, -0.15) is 0 Å². The van der Waals surface area contributed by atoms with E-state index in [0.717, 1.165) is 17.5 Å². The number of carbonyl (C=O) groups is 3. The molecule has 0 fully saturated rings. The number of carbonyl (C=O) groups excluding carboxylic acids is 3. The van der Waals surface area contributed by atoms with Crippen molar-refractivity contribution in [3.8, 4) is 5.75 Å². The SMILES string of the molecule is CC[C@H](C)[C@@H]1NCCOc2ccc(C(=N)N)cc2CCCNC(=O)[C@@H](Cc2ccccc2)NC(=O)[C@@H](C)N(C)C1=O. The van der Waals surface area contributed by atoms with Gasteiger partial charge in [0.25, 0.3) is 0 Å². The van der Waals surface area contributed by atoms with Gasteiger partial charge in [-0.3, -0.25) is 19.8 Å². The van der Waals surface area contributed by atoms with Gasteiger partial charge >= 0.3 is 0 Å². The van der Waals surface area contributed by atoms with Crippen LogP contribution in [0.15, 0.2) is 48.5 Å². The van der Waals surface area contributed by atoms with E-state index in [1.54, 1.807) is 26.1 Å². The lowest BCUT2D eigenvalue weighted by atomic mass is 9.97. The van der Waals surface area contributed by atoms with Gasteiger partial charge < -0.3 is 31.3 Å². The Balaban J connectivity index is 1.89. The number of likely N-dealkylation sites (N-methyl/N-ethyl adjacent to an activating group) is 1. The topological polar surface area (TPSA) is 150 Å². The highest BCUT2D eigenvalue weighted by molar-refractivity contribution is 5.95. The van der Waals surface area contributed by atoms with E-state index in [-0.39, 0.29) is 23.6 Å². The van der Waals surface area contributed by atoms with Crippen LogP contribution in [-0.4, -0.2) is 73.3 Å². The molecule has 2 aromatic carbocycles. The highest BCUT2D eigenvalue weighted by atomic mass is 16.5. The number of ether oxygens (including phenoxy) is 1. The van der Waals surface area contributed by atoms with E-state index in [9.17, 15) is 14.4 Å². The van der Waals surface area contributed by atoms with E-state index in [4.69, 9.17) is 15.9 Å². The Morgan fingerprint density at radius 3 is 2.54 bits per heavy atom. The molecule has 0 saturated carbocycles. The van der Waals surface area contributed by atoms with E-state index < -0.39 is 24.0 Å². The molecule has 1 aliphatic heterocycles. The summed E-state index contributed by atoms with van der Waals surface area (Å²) in [6, 6.07) is 12.8. The van der Waals surface area contributed by atoms with Crippen molar-refractivity contribution in [1.82, 2.24) is 20.9 Å². The van der Waals surface area contributed by atoms with Crippen molar-refractivity contribution in [1.29, 1.82) is 5.41 Å². The van der Waals surface area contributed by atoms with Gasteiger partial charge in [-0.1, -0.05) is 50.6 Å². The fourth-order valence-electron chi connectivity index (χ4n) is 4.78. The van der Waals surface area contributed by atoms with Crippen LogP contribution in [0.1, 0.15) is 50.3 Å². The van der Waals surface area contributed by atoms with Crippen molar-refractivity contribution in [3.05, 3.63) is 65.2 Å². The first-order valence-corrected chi connectivity index (χ1v) is 14.3. The van der Waals surface area contributed by atoms with E-state index in [0.29, 0.717) is 50.3 Å². The molecule has 10 nitrogen and oxygen atoms in total. The van der Waals surface area contributed by atoms with Crippen LogP contribution in [0.3, 0.4) is 0 Å². The summed E-state index contributed by atoms with van der Waals surface area (Å²) in [6.07, 6.45) is 2.31. The van der Waals surface area contributed by atoms with Crippen LogP contribution in [-0.2, 0) is 27.2 Å². The molecule has 1 aliphatic rings. The molecule has 6 N–H and O–H groups in total. The Kier molecular flexibility index (Phi) is 11.7. The molecular formula is C31H44N6O4. The van der Waals surface area contributed by atoms with Crippen molar-refractivity contribution in [2.45, 2.75) is 64.6 Å². The molecule has 0 spiro atoms. The number of amides is 3. The average molecular weight is 565 g/mol. The molecule has 3 amide bonds. The number of amidine groups is 1. The minimum absolute atomic E-state index is 0.0211. The first-order chi connectivity index (χ1) is 19.6. The molecule has 41 heavy (non-hydrogen) atoms. The fourth-order valence-corrected chi connectivity index (χ4v) is 4.78. The lowest BCUT2D eigenvalue weighted by molar-refractivity contribution is -0.141. The van der Waals surface area contributed by atoms with Crippen molar-refractivity contribution < 1.29 is 19.1 Å². The highest BCUT2D eigenvalue weighted by Crippen LogP contribution is 2.22. The highest BCUT2D eigenvalue weighted by Gasteiger charge is 2.32. The average Bonchev–Trinajstić information content (AvgIpc) is 2.97. The van der Waals surface area contributed by atoms with Crippen LogP contribution in [0.4, 0.5) is 0 Å². The van der Waals surface area contributed by atoms with Gasteiger partial charge in [0.05, 0.1) is 6.04 Å². The molecule has 3 rings (SSSR count). The molecule has 0 aromatic heterocycles. The molecular weight excluding hydrogens is 520 g/mol. The van der Waals surface area contributed by atoms with Gasteiger partial charge in [0, 0.05) is 32.1 Å². The maximum atomic E-state index is 13.6. The number of nitrogens with zero attached hydrogens (tertiary/aromatic N) is 1.